The van der Waals surface area contributed by atoms with E-state index in [1.807, 2.05) is 36.4 Å². The molecule has 3 aromatic rings. The van der Waals surface area contributed by atoms with Crippen LogP contribution in [0.2, 0.25) is 0 Å². The number of hydrogen-bond donors (Lipinski definition) is 1. The van der Waals surface area contributed by atoms with E-state index in [1.54, 1.807) is 12.1 Å². The molecule has 0 spiro atoms. The van der Waals surface area contributed by atoms with Gasteiger partial charge in [0.2, 0.25) is 0 Å². The Balaban J connectivity index is 1.23. The van der Waals surface area contributed by atoms with E-state index in [1.165, 1.54) is 17.7 Å². The summed E-state index contributed by atoms with van der Waals surface area (Å²) in [6.07, 6.45) is -3.40. The molecule has 1 heterocycles. The Hall–Kier alpha value is -3.19. The molecule has 4 rings (SSSR count). The van der Waals surface area contributed by atoms with Gasteiger partial charge in [-0.2, -0.15) is 13.2 Å². The van der Waals surface area contributed by atoms with E-state index in [0.29, 0.717) is 17.4 Å². The van der Waals surface area contributed by atoms with Gasteiger partial charge in [-0.1, -0.05) is 24.3 Å². The van der Waals surface area contributed by atoms with Crippen molar-refractivity contribution in [3.63, 3.8) is 0 Å². The number of ether oxygens (including phenoxy) is 1. The minimum atomic E-state index is -4.33. The van der Waals surface area contributed by atoms with Gasteiger partial charge < -0.3 is 14.7 Å². The second kappa shape index (κ2) is 10.4. The van der Waals surface area contributed by atoms with Crippen molar-refractivity contribution in [2.24, 2.45) is 0 Å². The average Bonchev–Trinajstić information content (AvgIpc) is 2.84. The third-order valence-corrected chi connectivity index (χ3v) is 6.29. The van der Waals surface area contributed by atoms with Crippen LogP contribution in [0.3, 0.4) is 0 Å². The fourth-order valence-corrected chi connectivity index (χ4v) is 4.23. The molecule has 7 heteroatoms. The van der Waals surface area contributed by atoms with Gasteiger partial charge in [0, 0.05) is 37.9 Å². The minimum absolute atomic E-state index is 0.221. The monoisotopic (exact) mass is 470 g/mol. The van der Waals surface area contributed by atoms with Crippen molar-refractivity contribution in [2.45, 2.75) is 32.2 Å². The zero-order chi connectivity index (χ0) is 24.1. The molecule has 0 saturated carbocycles. The molecular formula is C27H29F3N2O2. The van der Waals surface area contributed by atoms with Crippen LogP contribution in [0.15, 0.2) is 72.8 Å². The maximum absolute atomic E-state index is 12.7. The predicted molar refractivity (Wildman–Crippen MR) is 127 cm³/mol. The zero-order valence-corrected chi connectivity index (χ0v) is 19.1. The molecule has 3 aromatic carbocycles. The molecule has 0 bridgehead atoms. The number of phenols is 1. The van der Waals surface area contributed by atoms with Crippen LogP contribution >= 0.6 is 0 Å². The van der Waals surface area contributed by atoms with Gasteiger partial charge in [-0.15, -0.1) is 0 Å². The van der Waals surface area contributed by atoms with Crippen LogP contribution in [0.5, 0.6) is 11.5 Å². The van der Waals surface area contributed by atoms with E-state index < -0.39 is 11.7 Å². The minimum Gasteiger partial charge on any atom is -0.508 e. The van der Waals surface area contributed by atoms with Crippen molar-refractivity contribution in [1.29, 1.82) is 0 Å². The van der Waals surface area contributed by atoms with E-state index in [4.69, 9.17) is 4.74 Å². The number of rotatable bonds is 7. The second-order valence-corrected chi connectivity index (χ2v) is 8.72. The molecule has 1 aliphatic rings. The number of phenolic OH excluding ortho intramolecular Hbond substituents is 1. The lowest BCUT2D eigenvalue weighted by Crippen LogP contribution is -2.50. The summed E-state index contributed by atoms with van der Waals surface area (Å²) in [6, 6.07) is 20.7. The molecule has 0 radical (unpaired) electrons. The first-order valence-corrected chi connectivity index (χ1v) is 11.4. The molecule has 1 unspecified atom stereocenters. The van der Waals surface area contributed by atoms with Gasteiger partial charge >= 0.3 is 6.18 Å². The van der Waals surface area contributed by atoms with Crippen LogP contribution in [0.1, 0.15) is 23.6 Å². The molecule has 1 aliphatic heterocycles. The van der Waals surface area contributed by atoms with Crippen LogP contribution in [-0.2, 0) is 19.2 Å². The normalized spacial score (nSPS) is 15.8. The van der Waals surface area contributed by atoms with Crippen LogP contribution < -0.4 is 9.64 Å². The Labute approximate surface area is 198 Å². The summed E-state index contributed by atoms with van der Waals surface area (Å²) in [6.45, 7) is 6.33. The number of aromatic hydroxyl groups is 1. The van der Waals surface area contributed by atoms with Crippen LogP contribution in [0.4, 0.5) is 18.9 Å². The van der Waals surface area contributed by atoms with Crippen molar-refractivity contribution in [1.82, 2.24) is 4.90 Å². The van der Waals surface area contributed by atoms with Gasteiger partial charge in [-0.05, 0) is 73.0 Å². The highest BCUT2D eigenvalue weighted by atomic mass is 19.4. The topological polar surface area (TPSA) is 35.9 Å². The number of anilines is 1. The van der Waals surface area contributed by atoms with E-state index >= 15 is 0 Å². The van der Waals surface area contributed by atoms with Crippen LogP contribution in [0.25, 0.3) is 0 Å². The quantitative estimate of drug-likeness (QED) is 0.478. The number of alkyl halides is 3. The summed E-state index contributed by atoms with van der Waals surface area (Å²) < 4.78 is 43.8. The molecule has 4 nitrogen and oxygen atoms in total. The first-order chi connectivity index (χ1) is 16.3. The molecule has 180 valence electrons. The number of benzene rings is 3. The number of halogens is 3. The SMILES string of the molecule is CC(Cc1ccc(OCc2ccc(C(F)(F)F)cc2)cc1)N1CCN(c2ccc(O)cc2)CC1. The van der Waals surface area contributed by atoms with Crippen molar-refractivity contribution in [3.8, 4) is 11.5 Å². The van der Waals surface area contributed by atoms with Crippen molar-refractivity contribution in [3.05, 3.63) is 89.5 Å². The molecule has 1 N–H and O–H groups in total. The maximum Gasteiger partial charge on any atom is 0.416 e. The van der Waals surface area contributed by atoms with Crippen LogP contribution in [-0.4, -0.2) is 42.2 Å². The van der Waals surface area contributed by atoms with Crippen molar-refractivity contribution in [2.75, 3.05) is 31.1 Å². The van der Waals surface area contributed by atoms with E-state index in [2.05, 4.69) is 16.7 Å². The highest BCUT2D eigenvalue weighted by molar-refractivity contribution is 5.49. The zero-order valence-electron chi connectivity index (χ0n) is 19.1. The summed E-state index contributed by atoms with van der Waals surface area (Å²) in [5, 5.41) is 9.47. The second-order valence-electron chi connectivity index (χ2n) is 8.72. The Morgan fingerprint density at radius 1 is 0.824 bits per heavy atom. The maximum atomic E-state index is 12.7. The number of nitrogens with zero attached hydrogens (tertiary/aromatic N) is 2. The lowest BCUT2D eigenvalue weighted by atomic mass is 10.0. The highest BCUT2D eigenvalue weighted by Crippen LogP contribution is 2.29. The first-order valence-electron chi connectivity index (χ1n) is 11.4. The standard InChI is InChI=1S/C27H29F3N2O2/c1-20(31-14-16-32(17-15-31)24-8-10-25(33)11-9-24)18-21-4-12-26(13-5-21)34-19-22-2-6-23(7-3-22)27(28,29)30/h2-13,20,33H,14-19H2,1H3. The fraction of sp³-hybridized carbons (Fsp3) is 0.333. The van der Waals surface area contributed by atoms with E-state index in [9.17, 15) is 18.3 Å². The number of piperazine rings is 1. The van der Waals surface area contributed by atoms with Gasteiger partial charge in [0.05, 0.1) is 5.56 Å². The van der Waals surface area contributed by atoms with E-state index in [0.717, 1.165) is 50.4 Å². The largest absolute Gasteiger partial charge is 0.508 e. The van der Waals surface area contributed by atoms with Gasteiger partial charge in [0.15, 0.2) is 0 Å². The van der Waals surface area contributed by atoms with Gasteiger partial charge in [-0.25, -0.2) is 0 Å². The summed E-state index contributed by atoms with van der Waals surface area (Å²) in [5.74, 6) is 0.978. The summed E-state index contributed by atoms with van der Waals surface area (Å²) in [5.41, 5.74) is 2.39. The smallest absolute Gasteiger partial charge is 0.416 e. The summed E-state index contributed by atoms with van der Waals surface area (Å²) >= 11 is 0. The van der Waals surface area contributed by atoms with E-state index in [-0.39, 0.29) is 12.4 Å². The van der Waals surface area contributed by atoms with Gasteiger partial charge in [0.1, 0.15) is 18.1 Å². The molecule has 0 aromatic heterocycles. The Kier molecular flexibility index (Phi) is 7.32. The van der Waals surface area contributed by atoms with Gasteiger partial charge in [0.25, 0.3) is 0 Å². The molecule has 0 aliphatic carbocycles. The molecular weight excluding hydrogens is 441 g/mol. The Morgan fingerprint density at radius 3 is 2.00 bits per heavy atom. The number of hydrogen-bond acceptors (Lipinski definition) is 4. The first kappa shape index (κ1) is 24.0. The summed E-state index contributed by atoms with van der Waals surface area (Å²) in [4.78, 5) is 4.83. The third-order valence-electron chi connectivity index (χ3n) is 6.29. The predicted octanol–water partition coefficient (Wildman–Crippen LogP) is 5.74. The fourth-order valence-electron chi connectivity index (χ4n) is 4.23. The third kappa shape index (κ3) is 6.23. The molecule has 1 saturated heterocycles. The molecule has 0 amide bonds. The lowest BCUT2D eigenvalue weighted by molar-refractivity contribution is -0.137. The lowest BCUT2D eigenvalue weighted by Gasteiger charge is -2.39. The van der Waals surface area contributed by atoms with Crippen molar-refractivity contribution >= 4 is 5.69 Å². The van der Waals surface area contributed by atoms with Crippen molar-refractivity contribution < 1.29 is 23.0 Å². The Bertz CT molecular complexity index is 1040. The van der Waals surface area contributed by atoms with Crippen LogP contribution in [0, 0.1) is 0 Å². The molecule has 34 heavy (non-hydrogen) atoms. The average molecular weight is 471 g/mol. The van der Waals surface area contributed by atoms with Gasteiger partial charge in [-0.3, -0.25) is 4.90 Å². The highest BCUT2D eigenvalue weighted by Gasteiger charge is 2.29. The molecule has 1 fully saturated rings. The Morgan fingerprint density at radius 2 is 1.41 bits per heavy atom. The molecule has 1 atom stereocenters. The summed E-state index contributed by atoms with van der Waals surface area (Å²) in [7, 11) is 0.